The van der Waals surface area contributed by atoms with Gasteiger partial charge in [-0.05, 0) is 18.6 Å². The molecule has 10 heteroatoms. The Balaban J connectivity index is 2.88. The van der Waals surface area contributed by atoms with Gasteiger partial charge in [-0.3, -0.25) is 4.72 Å². The highest BCUT2D eigenvalue weighted by Gasteiger charge is 2.18. The quantitative estimate of drug-likeness (QED) is 0.754. The van der Waals surface area contributed by atoms with Crippen LogP contribution in [0.4, 0.5) is 9.80 Å². The van der Waals surface area contributed by atoms with E-state index in [-0.39, 0.29) is 9.88 Å². The third kappa shape index (κ3) is 3.60. The Morgan fingerprint density at radius 3 is 2.50 bits per heavy atom. The molecule has 18 heavy (non-hydrogen) atoms. The Hall–Kier alpha value is -1.81. The fourth-order valence-electron chi connectivity index (χ4n) is 1.05. The monoisotopic (exact) mass is 294 g/mol. The zero-order valence-electron chi connectivity index (χ0n) is 9.38. The van der Waals surface area contributed by atoms with Gasteiger partial charge in [0.1, 0.15) is 9.88 Å². The Bertz CT molecular complexity index is 576. The number of aromatic carboxylic acids is 1. The highest BCUT2D eigenvalue weighted by atomic mass is 32.2. The van der Waals surface area contributed by atoms with Gasteiger partial charge in [-0.2, -0.15) is 8.42 Å². The van der Waals surface area contributed by atoms with Crippen molar-refractivity contribution in [3.8, 4) is 0 Å². The van der Waals surface area contributed by atoms with Crippen molar-refractivity contribution in [2.75, 3.05) is 11.8 Å². The Morgan fingerprint density at radius 1 is 1.44 bits per heavy atom. The SMILES string of the molecule is COC(=O)NS(=O)(=O)Nc1cc(C)c(C(=O)O)s1. The van der Waals surface area contributed by atoms with Crippen molar-refractivity contribution in [1.29, 1.82) is 0 Å². The lowest BCUT2D eigenvalue weighted by Gasteiger charge is -2.05. The first-order valence-electron chi connectivity index (χ1n) is 4.47. The molecule has 1 aromatic heterocycles. The molecule has 0 spiro atoms. The molecule has 1 rings (SSSR count). The lowest BCUT2D eigenvalue weighted by molar-refractivity contribution is 0.0701. The molecular weight excluding hydrogens is 284 g/mol. The van der Waals surface area contributed by atoms with E-state index in [9.17, 15) is 18.0 Å². The van der Waals surface area contributed by atoms with E-state index in [1.165, 1.54) is 13.0 Å². The van der Waals surface area contributed by atoms with Crippen molar-refractivity contribution in [3.63, 3.8) is 0 Å². The molecule has 0 saturated carbocycles. The van der Waals surface area contributed by atoms with Crippen molar-refractivity contribution in [1.82, 2.24) is 4.72 Å². The maximum Gasteiger partial charge on any atom is 0.422 e. The minimum absolute atomic E-state index is 0.0192. The molecule has 0 aliphatic carbocycles. The second kappa shape index (κ2) is 5.23. The second-order valence-corrected chi connectivity index (χ2v) is 5.59. The van der Waals surface area contributed by atoms with E-state index in [4.69, 9.17) is 5.11 Å². The summed E-state index contributed by atoms with van der Waals surface area (Å²) in [7, 11) is -3.12. The van der Waals surface area contributed by atoms with Crippen LogP contribution in [0.25, 0.3) is 0 Å². The maximum atomic E-state index is 11.4. The molecule has 1 heterocycles. The van der Waals surface area contributed by atoms with Gasteiger partial charge in [0.25, 0.3) is 0 Å². The minimum atomic E-state index is -4.13. The summed E-state index contributed by atoms with van der Waals surface area (Å²) in [5.41, 5.74) is 0.420. The van der Waals surface area contributed by atoms with Crippen molar-refractivity contribution in [3.05, 3.63) is 16.5 Å². The van der Waals surface area contributed by atoms with Crippen LogP contribution in [0.5, 0.6) is 0 Å². The summed E-state index contributed by atoms with van der Waals surface area (Å²) >= 11 is 0.747. The molecule has 8 nitrogen and oxygen atoms in total. The van der Waals surface area contributed by atoms with Gasteiger partial charge in [-0.1, -0.05) is 0 Å². The molecule has 0 fully saturated rings. The van der Waals surface area contributed by atoms with Crippen LogP contribution in [0.2, 0.25) is 0 Å². The number of carboxylic acid groups (broad SMARTS) is 1. The minimum Gasteiger partial charge on any atom is -0.477 e. The van der Waals surface area contributed by atoms with E-state index >= 15 is 0 Å². The van der Waals surface area contributed by atoms with E-state index in [1.807, 2.05) is 4.72 Å². The smallest absolute Gasteiger partial charge is 0.422 e. The van der Waals surface area contributed by atoms with Gasteiger partial charge in [-0.25, -0.2) is 14.3 Å². The second-order valence-electron chi connectivity index (χ2n) is 3.13. The van der Waals surface area contributed by atoms with E-state index < -0.39 is 22.3 Å². The van der Waals surface area contributed by atoms with Crippen molar-refractivity contribution in [2.24, 2.45) is 0 Å². The van der Waals surface area contributed by atoms with Crippen LogP contribution >= 0.6 is 11.3 Å². The highest BCUT2D eigenvalue weighted by Crippen LogP contribution is 2.27. The number of rotatable bonds is 4. The first-order chi connectivity index (χ1) is 8.25. The molecule has 1 aromatic rings. The molecule has 0 aliphatic rings. The number of thiophene rings is 1. The summed E-state index contributed by atoms with van der Waals surface area (Å²) < 4.78 is 30.5. The third-order valence-electron chi connectivity index (χ3n) is 1.75. The van der Waals surface area contributed by atoms with Crippen LogP contribution in [-0.2, 0) is 14.9 Å². The topological polar surface area (TPSA) is 122 Å². The van der Waals surface area contributed by atoms with E-state index in [0.29, 0.717) is 5.56 Å². The van der Waals surface area contributed by atoms with Crippen LogP contribution in [0.3, 0.4) is 0 Å². The first-order valence-corrected chi connectivity index (χ1v) is 6.77. The average molecular weight is 294 g/mol. The number of carbonyl (C=O) groups is 2. The van der Waals surface area contributed by atoms with Gasteiger partial charge >= 0.3 is 22.3 Å². The number of methoxy groups -OCH3 is 1. The number of carboxylic acids is 1. The van der Waals surface area contributed by atoms with Crippen molar-refractivity contribution < 1.29 is 27.9 Å². The molecule has 0 unspecified atom stereocenters. The Labute approximate surface area is 107 Å². The molecule has 0 atom stereocenters. The van der Waals surface area contributed by atoms with Crippen LogP contribution in [0, 0.1) is 6.92 Å². The number of nitrogens with one attached hydrogen (secondary N) is 2. The van der Waals surface area contributed by atoms with E-state index in [2.05, 4.69) is 4.74 Å². The molecule has 0 aromatic carbocycles. The lowest BCUT2D eigenvalue weighted by atomic mass is 10.3. The predicted octanol–water partition coefficient (Wildman–Crippen LogP) is 0.767. The molecule has 0 saturated heterocycles. The normalized spacial score (nSPS) is 10.8. The van der Waals surface area contributed by atoms with Gasteiger partial charge in [0.2, 0.25) is 0 Å². The van der Waals surface area contributed by atoms with Gasteiger partial charge in [0, 0.05) is 0 Å². The summed E-state index contributed by atoms with van der Waals surface area (Å²) in [4.78, 5) is 21.5. The first kappa shape index (κ1) is 14.3. The molecule has 0 radical (unpaired) electrons. The number of carbonyl (C=O) groups excluding carboxylic acids is 1. The van der Waals surface area contributed by atoms with Gasteiger partial charge < -0.3 is 9.84 Å². The standard InChI is InChI=1S/C8H10N2O6S2/c1-4-3-5(17-6(4)7(11)12)9-18(14,15)10-8(13)16-2/h3,9H,1-2H3,(H,10,13)(H,11,12). The Morgan fingerprint density at radius 2 is 2.06 bits per heavy atom. The molecule has 0 aliphatic heterocycles. The number of amides is 1. The predicted molar refractivity (Wildman–Crippen MR) is 64.1 cm³/mol. The fourth-order valence-corrected chi connectivity index (χ4v) is 2.99. The third-order valence-corrected chi connectivity index (χ3v) is 3.94. The number of hydrogen-bond donors (Lipinski definition) is 3. The summed E-state index contributed by atoms with van der Waals surface area (Å²) in [6, 6.07) is 1.35. The fraction of sp³-hybridized carbons (Fsp3) is 0.250. The number of anilines is 1. The Kier molecular flexibility index (Phi) is 4.14. The number of ether oxygens (including phenoxy) is 1. The van der Waals surface area contributed by atoms with E-state index in [1.54, 1.807) is 4.72 Å². The van der Waals surface area contributed by atoms with Crippen LogP contribution in [0.1, 0.15) is 15.2 Å². The molecular formula is C8H10N2O6S2. The summed E-state index contributed by atoms with van der Waals surface area (Å²) in [5.74, 6) is -1.15. The van der Waals surface area contributed by atoms with Gasteiger partial charge in [-0.15, -0.1) is 11.3 Å². The average Bonchev–Trinajstić information content (AvgIpc) is 2.57. The van der Waals surface area contributed by atoms with Crippen molar-refractivity contribution >= 4 is 38.6 Å². The van der Waals surface area contributed by atoms with Crippen molar-refractivity contribution in [2.45, 2.75) is 6.92 Å². The number of aryl methyl sites for hydroxylation is 1. The maximum absolute atomic E-state index is 11.4. The largest absolute Gasteiger partial charge is 0.477 e. The molecule has 0 bridgehead atoms. The molecule has 3 N–H and O–H groups in total. The summed E-state index contributed by atoms with van der Waals surface area (Å²) in [5, 5.41) is 8.89. The lowest BCUT2D eigenvalue weighted by Crippen LogP contribution is -2.34. The van der Waals surface area contributed by atoms with E-state index in [0.717, 1.165) is 18.4 Å². The summed E-state index contributed by atoms with van der Waals surface area (Å²) in [6.45, 7) is 1.53. The molecule has 100 valence electrons. The summed E-state index contributed by atoms with van der Waals surface area (Å²) in [6.07, 6.45) is -1.14. The van der Waals surface area contributed by atoms with Crippen LogP contribution < -0.4 is 9.44 Å². The zero-order valence-corrected chi connectivity index (χ0v) is 11.0. The van der Waals surface area contributed by atoms with Gasteiger partial charge in [0.05, 0.1) is 7.11 Å². The number of hydrogen-bond acceptors (Lipinski definition) is 6. The van der Waals surface area contributed by atoms with Gasteiger partial charge in [0.15, 0.2) is 0 Å². The van der Waals surface area contributed by atoms with Crippen LogP contribution in [-0.4, -0.2) is 32.7 Å². The highest BCUT2D eigenvalue weighted by molar-refractivity contribution is 7.91. The van der Waals surface area contributed by atoms with Crippen LogP contribution in [0.15, 0.2) is 6.07 Å². The molecule has 1 amide bonds. The zero-order chi connectivity index (χ0) is 13.9.